The number of anilines is 2. The standard InChI is InChI=1S/C26H28N2O5S/c1-16-13-19(4)25(20(5)14-16)34(31,32)28-22-12-7-6-11-21(22)26(30)33-15-23(29)27-24-17(2)9-8-10-18(24)3/h6-14,28H,15H2,1-5H3,(H,27,29). The van der Waals surface area contributed by atoms with Crippen LogP contribution in [0.2, 0.25) is 0 Å². The van der Waals surface area contributed by atoms with Gasteiger partial charge in [0.2, 0.25) is 0 Å². The summed E-state index contributed by atoms with van der Waals surface area (Å²) in [5.41, 5.74) is 4.69. The van der Waals surface area contributed by atoms with Gasteiger partial charge in [0.25, 0.3) is 15.9 Å². The summed E-state index contributed by atoms with van der Waals surface area (Å²) in [5, 5.41) is 2.75. The first-order valence-corrected chi connectivity index (χ1v) is 12.2. The second-order valence-electron chi connectivity index (χ2n) is 8.27. The first-order valence-electron chi connectivity index (χ1n) is 10.7. The lowest BCUT2D eigenvalue weighted by Gasteiger charge is -2.16. The molecule has 0 aromatic heterocycles. The second-order valence-corrected chi connectivity index (χ2v) is 9.89. The highest BCUT2D eigenvalue weighted by Gasteiger charge is 2.23. The molecule has 34 heavy (non-hydrogen) atoms. The highest BCUT2D eigenvalue weighted by Crippen LogP contribution is 2.26. The molecule has 3 aromatic rings. The van der Waals surface area contributed by atoms with Crippen LogP contribution in [0.5, 0.6) is 0 Å². The van der Waals surface area contributed by atoms with Crippen LogP contribution in [0, 0.1) is 34.6 Å². The number of carbonyl (C=O) groups excluding carboxylic acids is 2. The molecule has 0 fully saturated rings. The molecule has 0 unspecified atom stereocenters. The van der Waals surface area contributed by atoms with E-state index in [0.717, 1.165) is 16.7 Å². The number of para-hydroxylation sites is 2. The van der Waals surface area contributed by atoms with E-state index in [9.17, 15) is 18.0 Å². The van der Waals surface area contributed by atoms with Crippen molar-refractivity contribution in [2.45, 2.75) is 39.5 Å². The summed E-state index contributed by atoms with van der Waals surface area (Å²) in [5.74, 6) is -1.30. The zero-order valence-electron chi connectivity index (χ0n) is 19.9. The molecule has 3 aromatic carbocycles. The lowest BCUT2D eigenvalue weighted by molar-refractivity contribution is -0.119. The van der Waals surface area contributed by atoms with Crippen LogP contribution in [0.1, 0.15) is 38.2 Å². The van der Waals surface area contributed by atoms with Crippen molar-refractivity contribution in [1.82, 2.24) is 0 Å². The third-order valence-corrected chi connectivity index (χ3v) is 7.01. The van der Waals surface area contributed by atoms with Crippen LogP contribution in [0.25, 0.3) is 0 Å². The van der Waals surface area contributed by atoms with Crippen LogP contribution in [0.3, 0.4) is 0 Å². The van der Waals surface area contributed by atoms with Crippen LogP contribution >= 0.6 is 0 Å². The molecule has 3 rings (SSSR count). The molecule has 8 heteroatoms. The molecule has 1 amide bonds. The molecule has 0 atom stereocenters. The van der Waals surface area contributed by atoms with E-state index in [1.807, 2.05) is 39.0 Å². The maximum atomic E-state index is 13.1. The van der Waals surface area contributed by atoms with E-state index < -0.39 is 28.5 Å². The predicted octanol–water partition coefficient (Wildman–Crippen LogP) is 4.83. The average molecular weight is 481 g/mol. The largest absolute Gasteiger partial charge is 0.452 e. The van der Waals surface area contributed by atoms with Gasteiger partial charge in [-0.3, -0.25) is 9.52 Å². The Kier molecular flexibility index (Phi) is 7.41. The SMILES string of the molecule is Cc1cc(C)c(S(=O)(=O)Nc2ccccc2C(=O)OCC(=O)Nc2c(C)cccc2C)c(C)c1. The highest BCUT2D eigenvalue weighted by molar-refractivity contribution is 7.92. The fourth-order valence-electron chi connectivity index (χ4n) is 3.93. The molecule has 0 saturated carbocycles. The molecule has 0 spiro atoms. The quantitative estimate of drug-likeness (QED) is 0.472. The van der Waals surface area contributed by atoms with Gasteiger partial charge in [-0.15, -0.1) is 0 Å². The highest BCUT2D eigenvalue weighted by atomic mass is 32.2. The monoisotopic (exact) mass is 480 g/mol. The molecular formula is C26H28N2O5S. The van der Waals surface area contributed by atoms with Crippen LogP contribution in [0.4, 0.5) is 11.4 Å². The Morgan fingerprint density at radius 3 is 2.03 bits per heavy atom. The van der Waals surface area contributed by atoms with E-state index in [-0.39, 0.29) is 16.1 Å². The molecule has 0 heterocycles. The van der Waals surface area contributed by atoms with Gasteiger partial charge in [0.1, 0.15) is 0 Å². The van der Waals surface area contributed by atoms with Crippen molar-refractivity contribution < 1.29 is 22.7 Å². The van der Waals surface area contributed by atoms with Crippen molar-refractivity contribution in [3.8, 4) is 0 Å². The number of sulfonamides is 1. The molecular weight excluding hydrogens is 452 g/mol. The van der Waals surface area contributed by atoms with Crippen LogP contribution < -0.4 is 10.0 Å². The topological polar surface area (TPSA) is 102 Å². The van der Waals surface area contributed by atoms with Gasteiger partial charge in [-0.2, -0.15) is 0 Å². The van der Waals surface area contributed by atoms with Crippen LogP contribution in [0.15, 0.2) is 59.5 Å². The first kappa shape index (κ1) is 25.0. The maximum absolute atomic E-state index is 13.1. The number of rotatable bonds is 7. The molecule has 7 nitrogen and oxygen atoms in total. The summed E-state index contributed by atoms with van der Waals surface area (Å²) in [6.07, 6.45) is 0. The Balaban J connectivity index is 1.76. The Morgan fingerprint density at radius 2 is 1.41 bits per heavy atom. The van der Waals surface area contributed by atoms with Gasteiger partial charge in [0, 0.05) is 5.69 Å². The zero-order chi connectivity index (χ0) is 25.0. The molecule has 0 aliphatic heterocycles. The Hall–Kier alpha value is -3.65. The van der Waals surface area contributed by atoms with Crippen molar-refractivity contribution in [1.29, 1.82) is 0 Å². The van der Waals surface area contributed by atoms with E-state index in [4.69, 9.17) is 4.74 Å². The number of carbonyl (C=O) groups is 2. The van der Waals surface area contributed by atoms with Crippen LogP contribution in [-0.4, -0.2) is 26.9 Å². The zero-order valence-corrected chi connectivity index (χ0v) is 20.7. The van der Waals surface area contributed by atoms with E-state index in [2.05, 4.69) is 10.0 Å². The molecule has 0 bridgehead atoms. The predicted molar refractivity (Wildman–Crippen MR) is 133 cm³/mol. The second kappa shape index (κ2) is 10.1. The average Bonchev–Trinajstić information content (AvgIpc) is 2.74. The van der Waals surface area contributed by atoms with Crippen molar-refractivity contribution in [3.63, 3.8) is 0 Å². The summed E-state index contributed by atoms with van der Waals surface area (Å²) in [4.78, 5) is 25.2. The van der Waals surface area contributed by atoms with Gasteiger partial charge in [-0.25, -0.2) is 13.2 Å². The number of hydrogen-bond donors (Lipinski definition) is 2. The van der Waals surface area contributed by atoms with Gasteiger partial charge in [-0.1, -0.05) is 48.0 Å². The lowest BCUT2D eigenvalue weighted by atomic mass is 10.1. The third kappa shape index (κ3) is 5.63. The molecule has 0 saturated heterocycles. The van der Waals surface area contributed by atoms with Crippen LogP contribution in [-0.2, 0) is 19.6 Å². The number of benzene rings is 3. The van der Waals surface area contributed by atoms with E-state index in [1.54, 1.807) is 38.1 Å². The van der Waals surface area contributed by atoms with Gasteiger partial charge >= 0.3 is 5.97 Å². The minimum absolute atomic E-state index is 0.00775. The van der Waals surface area contributed by atoms with Gasteiger partial charge < -0.3 is 10.1 Å². The first-order chi connectivity index (χ1) is 16.0. The number of esters is 1. The Morgan fingerprint density at radius 1 is 0.824 bits per heavy atom. The summed E-state index contributed by atoms with van der Waals surface area (Å²) in [6, 6.07) is 15.3. The van der Waals surface area contributed by atoms with Crippen molar-refractivity contribution in [2.24, 2.45) is 0 Å². The molecule has 0 radical (unpaired) electrons. The minimum Gasteiger partial charge on any atom is -0.452 e. The van der Waals surface area contributed by atoms with Gasteiger partial charge in [-0.05, 0) is 69.0 Å². The molecule has 178 valence electrons. The Bertz CT molecular complexity index is 1320. The van der Waals surface area contributed by atoms with E-state index >= 15 is 0 Å². The fourth-order valence-corrected chi connectivity index (χ4v) is 5.47. The number of amides is 1. The summed E-state index contributed by atoms with van der Waals surface area (Å²) in [7, 11) is -3.97. The summed E-state index contributed by atoms with van der Waals surface area (Å²) >= 11 is 0. The number of nitrogens with one attached hydrogen (secondary N) is 2. The lowest BCUT2D eigenvalue weighted by Crippen LogP contribution is -2.23. The summed E-state index contributed by atoms with van der Waals surface area (Å²) < 4.78 is 33.9. The van der Waals surface area contributed by atoms with Crippen molar-refractivity contribution in [2.75, 3.05) is 16.6 Å². The van der Waals surface area contributed by atoms with Gasteiger partial charge in [0.15, 0.2) is 6.61 Å². The normalized spacial score (nSPS) is 11.1. The number of hydrogen-bond acceptors (Lipinski definition) is 5. The fraction of sp³-hybridized carbons (Fsp3) is 0.231. The van der Waals surface area contributed by atoms with E-state index in [0.29, 0.717) is 16.8 Å². The Labute approximate surface area is 200 Å². The maximum Gasteiger partial charge on any atom is 0.340 e. The summed E-state index contributed by atoms with van der Waals surface area (Å²) in [6.45, 7) is 8.57. The smallest absolute Gasteiger partial charge is 0.340 e. The molecule has 0 aliphatic carbocycles. The molecule has 0 aliphatic rings. The number of aryl methyl sites for hydroxylation is 5. The van der Waals surface area contributed by atoms with Crippen molar-refractivity contribution in [3.05, 3.63) is 88.0 Å². The minimum atomic E-state index is -3.97. The third-order valence-electron chi connectivity index (χ3n) is 5.34. The van der Waals surface area contributed by atoms with Crippen molar-refractivity contribution >= 4 is 33.3 Å². The van der Waals surface area contributed by atoms with E-state index in [1.165, 1.54) is 12.1 Å². The van der Waals surface area contributed by atoms with Gasteiger partial charge in [0.05, 0.1) is 16.1 Å². The number of ether oxygens (including phenoxy) is 1. The molecule has 2 N–H and O–H groups in total.